The summed E-state index contributed by atoms with van der Waals surface area (Å²) in [5.74, 6) is 0.685. The zero-order chi connectivity index (χ0) is 17.4. The number of hydrogen-bond acceptors (Lipinski definition) is 5. The first-order valence-corrected chi connectivity index (χ1v) is 7.45. The molecule has 0 saturated heterocycles. The fourth-order valence-corrected chi connectivity index (χ4v) is 2.61. The Morgan fingerprint density at radius 1 is 1.00 bits per heavy atom. The largest absolute Gasteiger partial charge is 0.502 e. The maximum atomic E-state index is 12.5. The fourth-order valence-electron chi connectivity index (χ4n) is 2.61. The number of ether oxygens (including phenoxy) is 2. The zero-order valence-corrected chi connectivity index (χ0v) is 14.0. The Kier molecular flexibility index (Phi) is 3.93. The smallest absolute Gasteiger partial charge is 0.235 e. The molecule has 1 N–H and O–H groups in total. The molecule has 0 bridgehead atoms. The summed E-state index contributed by atoms with van der Waals surface area (Å²) >= 11 is 0. The van der Waals surface area contributed by atoms with Crippen molar-refractivity contribution < 1.29 is 19.0 Å². The second kappa shape index (κ2) is 5.92. The maximum absolute atomic E-state index is 12.5. The van der Waals surface area contributed by atoms with E-state index in [4.69, 9.17) is 13.9 Å². The fraction of sp³-hybridized carbons (Fsp3) is 0.211. The molecule has 124 valence electrons. The van der Waals surface area contributed by atoms with Crippen molar-refractivity contribution in [2.75, 3.05) is 14.2 Å². The summed E-state index contributed by atoms with van der Waals surface area (Å²) in [5.41, 5.74) is 2.40. The van der Waals surface area contributed by atoms with Gasteiger partial charge in [0.15, 0.2) is 5.76 Å². The Bertz CT molecular complexity index is 985. The molecule has 5 heteroatoms. The predicted octanol–water partition coefficient (Wildman–Crippen LogP) is 3.80. The number of rotatable bonds is 3. The Hall–Kier alpha value is -2.95. The van der Waals surface area contributed by atoms with Crippen LogP contribution in [0.1, 0.15) is 11.1 Å². The van der Waals surface area contributed by atoms with Gasteiger partial charge in [-0.25, -0.2) is 0 Å². The van der Waals surface area contributed by atoms with Gasteiger partial charge in [-0.15, -0.1) is 0 Å². The van der Waals surface area contributed by atoms with Crippen LogP contribution in [0.2, 0.25) is 0 Å². The van der Waals surface area contributed by atoms with Gasteiger partial charge in [-0.2, -0.15) is 0 Å². The lowest BCUT2D eigenvalue weighted by molar-refractivity contribution is 0.393. The summed E-state index contributed by atoms with van der Waals surface area (Å²) in [7, 11) is 3.05. The molecule has 0 saturated carbocycles. The van der Waals surface area contributed by atoms with Crippen LogP contribution in [0.25, 0.3) is 22.3 Å². The lowest BCUT2D eigenvalue weighted by atomic mass is 10.0. The van der Waals surface area contributed by atoms with Crippen molar-refractivity contribution in [1.82, 2.24) is 0 Å². The summed E-state index contributed by atoms with van der Waals surface area (Å²) in [5, 5.41) is 10.7. The number of benzene rings is 2. The molecule has 24 heavy (non-hydrogen) atoms. The van der Waals surface area contributed by atoms with E-state index in [1.165, 1.54) is 7.11 Å². The Balaban J connectivity index is 2.33. The quantitative estimate of drug-likeness (QED) is 0.793. The van der Waals surface area contributed by atoms with Crippen molar-refractivity contribution in [1.29, 1.82) is 0 Å². The molecule has 0 radical (unpaired) electrons. The second-order valence-corrected chi connectivity index (χ2v) is 5.61. The highest BCUT2D eigenvalue weighted by molar-refractivity contribution is 5.84. The molecule has 0 atom stereocenters. The molecule has 3 rings (SSSR count). The van der Waals surface area contributed by atoms with E-state index in [1.54, 1.807) is 37.4 Å². The van der Waals surface area contributed by atoms with Gasteiger partial charge in [0.1, 0.15) is 17.1 Å². The monoisotopic (exact) mass is 326 g/mol. The van der Waals surface area contributed by atoms with E-state index in [1.807, 2.05) is 13.8 Å². The van der Waals surface area contributed by atoms with Gasteiger partial charge in [-0.05, 0) is 49.2 Å². The van der Waals surface area contributed by atoms with E-state index in [0.29, 0.717) is 28.0 Å². The standard InChI is InChI=1S/C19H18O5/c1-10-7-14-16(8-11(10)2)24-19(18(21)17(14)20)13-6-5-12(22-3)9-15(13)23-4/h5-9,21H,1-4H3. The summed E-state index contributed by atoms with van der Waals surface area (Å²) < 4.78 is 16.3. The number of methoxy groups -OCH3 is 2. The van der Waals surface area contributed by atoms with E-state index < -0.39 is 11.2 Å². The third kappa shape index (κ3) is 2.48. The average molecular weight is 326 g/mol. The van der Waals surface area contributed by atoms with Gasteiger partial charge in [0.25, 0.3) is 0 Å². The van der Waals surface area contributed by atoms with Crippen molar-refractivity contribution >= 4 is 11.0 Å². The topological polar surface area (TPSA) is 68.9 Å². The third-order valence-corrected chi connectivity index (χ3v) is 4.14. The number of aryl methyl sites for hydroxylation is 2. The van der Waals surface area contributed by atoms with Gasteiger partial charge in [-0.3, -0.25) is 4.79 Å². The molecule has 5 nitrogen and oxygen atoms in total. The van der Waals surface area contributed by atoms with Crippen LogP contribution in [0.3, 0.4) is 0 Å². The summed E-state index contributed by atoms with van der Waals surface area (Å²) in [4.78, 5) is 12.5. The first-order chi connectivity index (χ1) is 11.5. The number of hydrogen-bond donors (Lipinski definition) is 1. The maximum Gasteiger partial charge on any atom is 0.235 e. The lowest BCUT2D eigenvalue weighted by Gasteiger charge is -2.12. The van der Waals surface area contributed by atoms with Gasteiger partial charge in [0, 0.05) is 6.07 Å². The van der Waals surface area contributed by atoms with Crippen LogP contribution in [0.5, 0.6) is 17.2 Å². The normalized spacial score (nSPS) is 10.8. The number of aromatic hydroxyl groups is 1. The highest BCUT2D eigenvalue weighted by atomic mass is 16.5. The molecular formula is C19H18O5. The summed E-state index contributed by atoms with van der Waals surface area (Å²) in [6.45, 7) is 3.85. The molecule has 0 fully saturated rings. The van der Waals surface area contributed by atoms with Crippen molar-refractivity contribution in [2.45, 2.75) is 13.8 Å². The molecule has 3 aromatic rings. The van der Waals surface area contributed by atoms with E-state index in [9.17, 15) is 9.90 Å². The first-order valence-electron chi connectivity index (χ1n) is 7.45. The van der Waals surface area contributed by atoms with Gasteiger partial charge in [0.2, 0.25) is 11.2 Å². The molecule has 0 aliphatic carbocycles. The molecule has 0 amide bonds. The SMILES string of the molecule is COc1ccc(-c2oc3cc(C)c(C)cc3c(=O)c2O)c(OC)c1. The third-order valence-electron chi connectivity index (χ3n) is 4.14. The Labute approximate surface area is 139 Å². The molecule has 0 aliphatic rings. The van der Waals surface area contributed by atoms with Crippen molar-refractivity contribution in [3.8, 4) is 28.6 Å². The highest BCUT2D eigenvalue weighted by Gasteiger charge is 2.19. The van der Waals surface area contributed by atoms with Crippen molar-refractivity contribution in [3.05, 3.63) is 51.7 Å². The van der Waals surface area contributed by atoms with Gasteiger partial charge in [0.05, 0.1) is 25.2 Å². The van der Waals surface area contributed by atoms with Gasteiger partial charge >= 0.3 is 0 Å². The zero-order valence-electron chi connectivity index (χ0n) is 14.0. The van der Waals surface area contributed by atoms with Crippen LogP contribution < -0.4 is 14.9 Å². The molecule has 1 aromatic heterocycles. The van der Waals surface area contributed by atoms with E-state index >= 15 is 0 Å². The molecule has 0 spiro atoms. The van der Waals surface area contributed by atoms with Crippen LogP contribution in [0, 0.1) is 13.8 Å². The molecule has 0 unspecified atom stereocenters. The van der Waals surface area contributed by atoms with E-state index in [2.05, 4.69) is 0 Å². The molecular weight excluding hydrogens is 308 g/mol. The summed E-state index contributed by atoms with van der Waals surface area (Å²) in [6, 6.07) is 8.58. The van der Waals surface area contributed by atoms with E-state index in [-0.39, 0.29) is 5.76 Å². The van der Waals surface area contributed by atoms with Crippen molar-refractivity contribution in [2.24, 2.45) is 0 Å². The number of fused-ring (bicyclic) bond motifs is 1. The highest BCUT2D eigenvalue weighted by Crippen LogP contribution is 2.38. The molecule has 0 aliphatic heterocycles. The van der Waals surface area contributed by atoms with Gasteiger partial charge in [-0.1, -0.05) is 0 Å². The Morgan fingerprint density at radius 3 is 2.38 bits per heavy atom. The minimum absolute atomic E-state index is 0.0789. The summed E-state index contributed by atoms with van der Waals surface area (Å²) in [6.07, 6.45) is 0. The van der Waals surface area contributed by atoms with E-state index in [0.717, 1.165) is 11.1 Å². The second-order valence-electron chi connectivity index (χ2n) is 5.61. The van der Waals surface area contributed by atoms with Crippen molar-refractivity contribution in [3.63, 3.8) is 0 Å². The van der Waals surface area contributed by atoms with Crippen LogP contribution >= 0.6 is 0 Å². The predicted molar refractivity (Wildman–Crippen MR) is 92.2 cm³/mol. The van der Waals surface area contributed by atoms with Crippen LogP contribution in [-0.2, 0) is 0 Å². The van der Waals surface area contributed by atoms with Gasteiger partial charge < -0.3 is 19.0 Å². The van der Waals surface area contributed by atoms with Crippen LogP contribution in [0.4, 0.5) is 0 Å². The van der Waals surface area contributed by atoms with Crippen LogP contribution in [0.15, 0.2) is 39.5 Å². The molecule has 1 heterocycles. The minimum atomic E-state index is -0.466. The minimum Gasteiger partial charge on any atom is -0.502 e. The first kappa shape index (κ1) is 15.9. The average Bonchev–Trinajstić information content (AvgIpc) is 2.59. The van der Waals surface area contributed by atoms with Crippen LogP contribution in [-0.4, -0.2) is 19.3 Å². The molecule has 2 aromatic carbocycles. The lowest BCUT2D eigenvalue weighted by Crippen LogP contribution is -2.04. The Morgan fingerprint density at radius 2 is 1.71 bits per heavy atom.